The molecular formula is C10H20N2O2. The number of amides is 1. The lowest BCUT2D eigenvalue weighted by Crippen LogP contribution is -2.49. The van der Waals surface area contributed by atoms with Crippen LogP contribution in [0.1, 0.15) is 27.7 Å². The highest BCUT2D eigenvalue weighted by molar-refractivity contribution is 5.84. The van der Waals surface area contributed by atoms with E-state index in [9.17, 15) is 9.59 Å². The third kappa shape index (κ3) is 3.87. The first-order valence-corrected chi connectivity index (χ1v) is 4.91. The number of hydrogen-bond donors (Lipinski definition) is 2. The van der Waals surface area contributed by atoms with Crippen molar-refractivity contribution < 1.29 is 9.59 Å². The molecule has 0 radical (unpaired) electrons. The maximum Gasteiger partial charge on any atom is 0.237 e. The highest BCUT2D eigenvalue weighted by Gasteiger charge is 2.21. The van der Waals surface area contributed by atoms with Gasteiger partial charge in [0.05, 0.1) is 12.1 Å². The largest absolute Gasteiger partial charge is 0.345 e. The zero-order valence-electron chi connectivity index (χ0n) is 9.28. The molecule has 0 fully saturated rings. The molecule has 3 N–H and O–H groups in total. The Labute approximate surface area is 85.2 Å². The maximum atomic E-state index is 11.5. The van der Waals surface area contributed by atoms with Crippen LogP contribution in [0.15, 0.2) is 0 Å². The van der Waals surface area contributed by atoms with Crippen molar-refractivity contribution >= 4 is 12.2 Å². The van der Waals surface area contributed by atoms with Crippen LogP contribution < -0.4 is 11.1 Å². The Morgan fingerprint density at radius 3 is 2.00 bits per heavy atom. The Morgan fingerprint density at radius 1 is 1.21 bits per heavy atom. The van der Waals surface area contributed by atoms with Crippen molar-refractivity contribution in [1.29, 1.82) is 0 Å². The Balaban J connectivity index is 4.22. The van der Waals surface area contributed by atoms with Gasteiger partial charge in [-0.1, -0.05) is 27.7 Å². The van der Waals surface area contributed by atoms with Crippen molar-refractivity contribution in [2.24, 2.45) is 17.6 Å². The van der Waals surface area contributed by atoms with Crippen LogP contribution in [-0.4, -0.2) is 24.3 Å². The predicted molar refractivity (Wildman–Crippen MR) is 55.6 cm³/mol. The SMILES string of the molecule is CC(C)C(C=O)NC(=O)C(N)C(C)C. The fraction of sp³-hybridized carbons (Fsp3) is 0.800. The minimum absolute atomic E-state index is 0.0782. The van der Waals surface area contributed by atoms with E-state index in [4.69, 9.17) is 5.73 Å². The van der Waals surface area contributed by atoms with E-state index in [1.54, 1.807) is 0 Å². The lowest BCUT2D eigenvalue weighted by Gasteiger charge is -2.20. The first-order valence-electron chi connectivity index (χ1n) is 4.91. The summed E-state index contributed by atoms with van der Waals surface area (Å²) in [6, 6.07) is -0.983. The summed E-state index contributed by atoms with van der Waals surface area (Å²) in [7, 11) is 0. The molecule has 1 amide bonds. The second kappa shape index (κ2) is 5.75. The van der Waals surface area contributed by atoms with Gasteiger partial charge in [-0.05, 0) is 11.8 Å². The van der Waals surface area contributed by atoms with Gasteiger partial charge in [0.25, 0.3) is 0 Å². The number of rotatable bonds is 5. The molecule has 0 saturated carbocycles. The van der Waals surface area contributed by atoms with Gasteiger partial charge in [0.2, 0.25) is 5.91 Å². The zero-order chi connectivity index (χ0) is 11.3. The Morgan fingerprint density at radius 2 is 1.71 bits per heavy atom. The average molecular weight is 200 g/mol. The van der Waals surface area contributed by atoms with Crippen LogP contribution in [-0.2, 0) is 9.59 Å². The van der Waals surface area contributed by atoms with E-state index in [0.717, 1.165) is 6.29 Å². The quantitative estimate of drug-likeness (QED) is 0.627. The molecule has 0 aromatic rings. The number of nitrogens with one attached hydrogen (secondary N) is 1. The second-order valence-corrected chi connectivity index (χ2v) is 4.18. The zero-order valence-corrected chi connectivity index (χ0v) is 9.28. The normalized spacial score (nSPS) is 15.4. The van der Waals surface area contributed by atoms with Crippen LogP contribution in [0.4, 0.5) is 0 Å². The van der Waals surface area contributed by atoms with E-state index >= 15 is 0 Å². The number of aldehydes is 1. The van der Waals surface area contributed by atoms with Crippen LogP contribution in [0.2, 0.25) is 0 Å². The third-order valence-corrected chi connectivity index (χ3v) is 2.19. The van der Waals surface area contributed by atoms with E-state index in [1.807, 2.05) is 27.7 Å². The smallest absolute Gasteiger partial charge is 0.237 e. The van der Waals surface area contributed by atoms with Crippen molar-refractivity contribution in [3.63, 3.8) is 0 Å². The van der Waals surface area contributed by atoms with Crippen LogP contribution in [0.5, 0.6) is 0 Å². The number of carbonyl (C=O) groups is 2. The van der Waals surface area contributed by atoms with E-state index in [0.29, 0.717) is 0 Å². The molecule has 14 heavy (non-hydrogen) atoms. The summed E-state index contributed by atoms with van der Waals surface area (Å²) in [6.45, 7) is 7.49. The summed E-state index contributed by atoms with van der Waals surface area (Å²) in [6.07, 6.45) is 0.746. The van der Waals surface area contributed by atoms with Gasteiger partial charge in [0.15, 0.2) is 0 Å². The van der Waals surface area contributed by atoms with Crippen LogP contribution in [0.25, 0.3) is 0 Å². The van der Waals surface area contributed by atoms with Gasteiger partial charge in [-0.2, -0.15) is 0 Å². The molecule has 0 spiro atoms. The molecule has 0 aromatic heterocycles. The maximum absolute atomic E-state index is 11.5. The summed E-state index contributed by atoms with van der Waals surface area (Å²) in [5, 5.41) is 2.62. The first kappa shape index (κ1) is 13.1. The molecule has 82 valence electrons. The molecule has 4 heteroatoms. The fourth-order valence-electron chi connectivity index (χ4n) is 0.921. The van der Waals surface area contributed by atoms with E-state index < -0.39 is 12.1 Å². The summed E-state index contributed by atoms with van der Waals surface area (Å²) < 4.78 is 0. The van der Waals surface area contributed by atoms with Crippen molar-refractivity contribution in [2.45, 2.75) is 39.8 Å². The molecule has 0 aromatic carbocycles. The molecule has 4 nitrogen and oxygen atoms in total. The molecule has 0 aliphatic rings. The lowest BCUT2D eigenvalue weighted by atomic mass is 10.0. The minimum atomic E-state index is -0.545. The molecule has 0 aliphatic carbocycles. The van der Waals surface area contributed by atoms with Gasteiger partial charge in [-0.3, -0.25) is 4.79 Å². The van der Waals surface area contributed by atoms with Crippen molar-refractivity contribution in [3.8, 4) is 0 Å². The highest BCUT2D eigenvalue weighted by Crippen LogP contribution is 2.02. The number of carbonyl (C=O) groups excluding carboxylic acids is 2. The highest BCUT2D eigenvalue weighted by atomic mass is 16.2. The molecule has 0 rings (SSSR count). The molecule has 0 heterocycles. The second-order valence-electron chi connectivity index (χ2n) is 4.18. The molecular weight excluding hydrogens is 180 g/mol. The summed E-state index contributed by atoms with van der Waals surface area (Å²) in [4.78, 5) is 22.1. The Kier molecular flexibility index (Phi) is 5.38. The predicted octanol–water partition coefficient (Wildman–Crippen LogP) is 0.309. The van der Waals surface area contributed by atoms with E-state index in [1.165, 1.54) is 0 Å². The van der Waals surface area contributed by atoms with Crippen LogP contribution >= 0.6 is 0 Å². The monoisotopic (exact) mass is 200 g/mol. The number of hydrogen-bond acceptors (Lipinski definition) is 3. The van der Waals surface area contributed by atoms with Crippen molar-refractivity contribution in [3.05, 3.63) is 0 Å². The minimum Gasteiger partial charge on any atom is -0.345 e. The van der Waals surface area contributed by atoms with Gasteiger partial charge in [-0.15, -0.1) is 0 Å². The Bertz CT molecular complexity index is 202. The van der Waals surface area contributed by atoms with Gasteiger partial charge in [0, 0.05) is 0 Å². The van der Waals surface area contributed by atoms with Crippen LogP contribution in [0.3, 0.4) is 0 Å². The first-order chi connectivity index (χ1) is 6.40. The molecule has 0 saturated heterocycles. The van der Waals surface area contributed by atoms with Gasteiger partial charge < -0.3 is 15.8 Å². The molecule has 0 bridgehead atoms. The average Bonchev–Trinajstić information content (AvgIpc) is 2.11. The van der Waals surface area contributed by atoms with Crippen molar-refractivity contribution in [2.75, 3.05) is 0 Å². The fourth-order valence-corrected chi connectivity index (χ4v) is 0.921. The molecule has 0 aliphatic heterocycles. The third-order valence-electron chi connectivity index (χ3n) is 2.19. The van der Waals surface area contributed by atoms with E-state index in [2.05, 4.69) is 5.32 Å². The van der Waals surface area contributed by atoms with E-state index in [-0.39, 0.29) is 17.7 Å². The molecule has 2 atom stereocenters. The van der Waals surface area contributed by atoms with Gasteiger partial charge in [-0.25, -0.2) is 0 Å². The van der Waals surface area contributed by atoms with Gasteiger partial charge in [0.1, 0.15) is 6.29 Å². The summed E-state index contributed by atoms with van der Waals surface area (Å²) in [5.41, 5.74) is 5.64. The standard InChI is InChI=1S/C10H20N2O2/c1-6(2)8(5-13)12-10(14)9(11)7(3)4/h5-9H,11H2,1-4H3,(H,12,14). The molecule has 2 unspecified atom stereocenters. The Hall–Kier alpha value is -0.900. The van der Waals surface area contributed by atoms with Gasteiger partial charge >= 0.3 is 0 Å². The van der Waals surface area contributed by atoms with Crippen LogP contribution in [0, 0.1) is 11.8 Å². The number of nitrogens with two attached hydrogens (primary N) is 1. The summed E-state index contributed by atoms with van der Waals surface area (Å²) >= 11 is 0. The lowest BCUT2D eigenvalue weighted by molar-refractivity contribution is -0.126. The summed E-state index contributed by atoms with van der Waals surface area (Å²) in [5.74, 6) is -0.0870. The topological polar surface area (TPSA) is 72.2 Å². The van der Waals surface area contributed by atoms with Crippen molar-refractivity contribution in [1.82, 2.24) is 5.32 Å².